The molecule has 21 heavy (non-hydrogen) atoms. The van der Waals surface area contributed by atoms with Gasteiger partial charge < -0.3 is 5.32 Å². The van der Waals surface area contributed by atoms with E-state index in [-0.39, 0.29) is 0 Å². The third-order valence-electron chi connectivity index (χ3n) is 3.83. The minimum absolute atomic E-state index is 0.856. The highest BCUT2D eigenvalue weighted by Crippen LogP contribution is 2.20. The molecule has 4 nitrogen and oxygen atoms in total. The lowest BCUT2D eigenvalue weighted by atomic mass is 10.1. The van der Waals surface area contributed by atoms with Gasteiger partial charge in [-0.2, -0.15) is 0 Å². The zero-order valence-corrected chi connectivity index (χ0v) is 13.5. The van der Waals surface area contributed by atoms with Crippen molar-refractivity contribution in [3.05, 3.63) is 52.0 Å². The molecule has 0 saturated carbocycles. The predicted octanol–water partition coefficient (Wildman–Crippen LogP) is 3.05. The van der Waals surface area contributed by atoms with Crippen molar-refractivity contribution < 1.29 is 0 Å². The number of rotatable bonds is 5. The summed E-state index contributed by atoms with van der Waals surface area (Å²) in [5, 5.41) is 5.70. The number of aryl methyl sites for hydroxylation is 3. The highest BCUT2D eigenvalue weighted by molar-refractivity contribution is 7.15. The summed E-state index contributed by atoms with van der Waals surface area (Å²) >= 11 is 1.70. The van der Waals surface area contributed by atoms with Gasteiger partial charge in [-0.25, -0.2) is 4.98 Å². The van der Waals surface area contributed by atoms with E-state index in [1.165, 1.54) is 22.5 Å². The molecule has 1 N–H and O–H groups in total. The fourth-order valence-corrected chi connectivity index (χ4v) is 3.52. The Balaban J connectivity index is 1.63. The largest absolute Gasteiger partial charge is 0.311 e. The van der Waals surface area contributed by atoms with Gasteiger partial charge in [0.1, 0.15) is 0 Å². The van der Waals surface area contributed by atoms with E-state index in [4.69, 9.17) is 0 Å². The Morgan fingerprint density at radius 2 is 2.14 bits per heavy atom. The van der Waals surface area contributed by atoms with Gasteiger partial charge in [-0.05, 0) is 50.9 Å². The maximum Gasteiger partial charge on any atom is 0.194 e. The molecule has 0 spiro atoms. The number of nitrogens with one attached hydrogen (secondary N) is 1. The van der Waals surface area contributed by atoms with E-state index in [1.54, 1.807) is 11.3 Å². The van der Waals surface area contributed by atoms with E-state index in [2.05, 4.69) is 51.9 Å². The quantitative estimate of drug-likeness (QED) is 0.736. The average molecular weight is 300 g/mol. The zero-order chi connectivity index (χ0) is 14.8. The van der Waals surface area contributed by atoms with Crippen molar-refractivity contribution in [3.8, 4) is 0 Å². The Hall–Kier alpha value is -1.72. The maximum absolute atomic E-state index is 4.62. The number of thiazole rings is 1. The summed E-state index contributed by atoms with van der Waals surface area (Å²) in [6.07, 6.45) is 4.81. The molecule has 110 valence electrons. The monoisotopic (exact) mass is 300 g/mol. The van der Waals surface area contributed by atoms with E-state index in [0.29, 0.717) is 0 Å². The molecule has 0 unspecified atom stereocenters. The first-order valence-electron chi connectivity index (χ1n) is 7.19. The summed E-state index contributed by atoms with van der Waals surface area (Å²) in [4.78, 5) is 9.84. The first kappa shape index (κ1) is 14.2. The van der Waals surface area contributed by atoms with Crippen LogP contribution in [0.1, 0.15) is 28.2 Å². The molecule has 0 atom stereocenters. The predicted molar refractivity (Wildman–Crippen MR) is 86.9 cm³/mol. The third kappa shape index (κ3) is 2.84. The van der Waals surface area contributed by atoms with E-state index in [0.717, 1.165) is 30.2 Å². The molecule has 0 bridgehead atoms. The molecule has 0 aliphatic heterocycles. The Morgan fingerprint density at radius 3 is 2.95 bits per heavy atom. The van der Waals surface area contributed by atoms with Gasteiger partial charge in [-0.15, -0.1) is 11.3 Å². The van der Waals surface area contributed by atoms with Crippen molar-refractivity contribution in [1.82, 2.24) is 19.7 Å². The minimum Gasteiger partial charge on any atom is -0.311 e. The number of nitrogens with zero attached hydrogens (tertiary/aromatic N) is 3. The van der Waals surface area contributed by atoms with Crippen LogP contribution in [0.25, 0.3) is 4.96 Å². The van der Waals surface area contributed by atoms with Gasteiger partial charge in [0.15, 0.2) is 4.96 Å². The van der Waals surface area contributed by atoms with Crippen LogP contribution in [-0.2, 0) is 13.0 Å². The molecule has 0 aromatic carbocycles. The van der Waals surface area contributed by atoms with Crippen LogP contribution in [-0.4, -0.2) is 20.9 Å². The molecule has 3 heterocycles. The van der Waals surface area contributed by atoms with Gasteiger partial charge in [-0.3, -0.25) is 9.38 Å². The highest BCUT2D eigenvalue weighted by atomic mass is 32.1. The molecule has 0 amide bonds. The van der Waals surface area contributed by atoms with E-state index in [9.17, 15) is 0 Å². The first-order valence-corrected chi connectivity index (χ1v) is 8.07. The van der Waals surface area contributed by atoms with Crippen molar-refractivity contribution >= 4 is 16.3 Å². The van der Waals surface area contributed by atoms with Gasteiger partial charge in [-0.1, -0.05) is 0 Å². The molecule has 3 aromatic rings. The Labute approximate surface area is 128 Å². The van der Waals surface area contributed by atoms with E-state index >= 15 is 0 Å². The SMILES string of the molecule is Cc1cnccc1CCNCc1c(C)nc2scc(C)n12. The highest BCUT2D eigenvalue weighted by Gasteiger charge is 2.11. The molecule has 3 rings (SSSR count). The summed E-state index contributed by atoms with van der Waals surface area (Å²) in [6, 6.07) is 2.10. The molecule has 0 saturated heterocycles. The van der Waals surface area contributed by atoms with Gasteiger partial charge in [0.05, 0.1) is 11.4 Å². The summed E-state index contributed by atoms with van der Waals surface area (Å²) in [6.45, 7) is 8.15. The van der Waals surface area contributed by atoms with Crippen LogP contribution in [0.15, 0.2) is 23.8 Å². The summed E-state index contributed by atoms with van der Waals surface area (Å²) in [5.74, 6) is 0. The topological polar surface area (TPSA) is 42.2 Å². The van der Waals surface area contributed by atoms with E-state index < -0.39 is 0 Å². The standard InChI is InChI=1S/C16H20N4S/c1-11-8-17-6-4-14(11)5-7-18-9-15-13(3)19-16-20(15)12(2)10-21-16/h4,6,8,10,18H,5,7,9H2,1-3H3. The van der Waals surface area contributed by atoms with Crippen molar-refractivity contribution in [3.63, 3.8) is 0 Å². The Bertz CT molecular complexity index is 757. The van der Waals surface area contributed by atoms with E-state index in [1.807, 2.05) is 12.4 Å². The van der Waals surface area contributed by atoms with Crippen molar-refractivity contribution in [2.24, 2.45) is 0 Å². The van der Waals surface area contributed by atoms with Crippen molar-refractivity contribution in [1.29, 1.82) is 0 Å². The van der Waals surface area contributed by atoms with Gasteiger partial charge in [0.2, 0.25) is 0 Å². The van der Waals surface area contributed by atoms with Crippen LogP contribution in [0.2, 0.25) is 0 Å². The van der Waals surface area contributed by atoms with Crippen LogP contribution >= 0.6 is 11.3 Å². The van der Waals surface area contributed by atoms with Crippen LogP contribution < -0.4 is 5.32 Å². The number of fused-ring (bicyclic) bond motifs is 1. The number of hydrogen-bond acceptors (Lipinski definition) is 4. The van der Waals surface area contributed by atoms with Gasteiger partial charge >= 0.3 is 0 Å². The molecule has 0 aliphatic carbocycles. The van der Waals surface area contributed by atoms with Crippen molar-refractivity contribution in [2.75, 3.05) is 6.54 Å². The summed E-state index contributed by atoms with van der Waals surface area (Å²) in [5.41, 5.74) is 6.28. The number of imidazole rings is 1. The second-order valence-corrected chi connectivity index (χ2v) is 6.20. The van der Waals surface area contributed by atoms with Crippen LogP contribution in [0.4, 0.5) is 0 Å². The molecule has 5 heteroatoms. The molecule has 0 aliphatic rings. The number of hydrogen-bond donors (Lipinski definition) is 1. The first-order chi connectivity index (χ1) is 10.2. The lowest BCUT2D eigenvalue weighted by Crippen LogP contribution is -2.18. The normalized spacial score (nSPS) is 11.4. The van der Waals surface area contributed by atoms with Crippen LogP contribution in [0, 0.1) is 20.8 Å². The second kappa shape index (κ2) is 5.95. The average Bonchev–Trinajstić information content (AvgIpc) is 2.97. The van der Waals surface area contributed by atoms with Crippen molar-refractivity contribution in [2.45, 2.75) is 33.7 Å². The lowest BCUT2D eigenvalue weighted by Gasteiger charge is -2.08. The smallest absolute Gasteiger partial charge is 0.194 e. The van der Waals surface area contributed by atoms with Crippen LogP contribution in [0.5, 0.6) is 0 Å². The molecular weight excluding hydrogens is 280 g/mol. The fourth-order valence-electron chi connectivity index (χ4n) is 2.59. The molecule has 0 fully saturated rings. The second-order valence-electron chi connectivity index (χ2n) is 5.37. The minimum atomic E-state index is 0.856. The molecular formula is C16H20N4S. The Morgan fingerprint density at radius 1 is 1.29 bits per heavy atom. The van der Waals surface area contributed by atoms with Crippen LogP contribution in [0.3, 0.4) is 0 Å². The maximum atomic E-state index is 4.62. The third-order valence-corrected chi connectivity index (χ3v) is 4.77. The fraction of sp³-hybridized carbons (Fsp3) is 0.375. The molecule has 3 aromatic heterocycles. The molecule has 0 radical (unpaired) electrons. The lowest BCUT2D eigenvalue weighted by molar-refractivity contribution is 0.665. The zero-order valence-electron chi connectivity index (χ0n) is 12.7. The van der Waals surface area contributed by atoms with Gasteiger partial charge in [0.25, 0.3) is 0 Å². The number of aromatic nitrogens is 3. The van der Waals surface area contributed by atoms with Gasteiger partial charge in [0, 0.05) is 30.0 Å². The summed E-state index contributed by atoms with van der Waals surface area (Å²) in [7, 11) is 0. The summed E-state index contributed by atoms with van der Waals surface area (Å²) < 4.78 is 2.25. The Kier molecular flexibility index (Phi) is 4.03. The number of pyridine rings is 1.